The number of hydrogen-bond donors (Lipinski definition) is 1. The molecule has 5 nitrogen and oxygen atoms in total. The topological polar surface area (TPSA) is 64.0 Å². The van der Waals surface area contributed by atoms with Crippen LogP contribution in [0, 0.1) is 6.92 Å². The lowest BCUT2D eigenvalue weighted by atomic mass is 10.2. The lowest BCUT2D eigenvalue weighted by molar-refractivity contribution is -0.116. The summed E-state index contributed by atoms with van der Waals surface area (Å²) in [6, 6.07) is 14.8. The number of anilines is 1. The summed E-state index contributed by atoms with van der Waals surface area (Å²) in [6.07, 6.45) is 1.24. The fourth-order valence-corrected chi connectivity index (χ4v) is 2.26. The Kier molecular flexibility index (Phi) is 3.70. The van der Waals surface area contributed by atoms with Gasteiger partial charge in [-0.1, -0.05) is 29.8 Å². The van der Waals surface area contributed by atoms with E-state index in [0.29, 0.717) is 16.7 Å². The summed E-state index contributed by atoms with van der Waals surface area (Å²) in [7, 11) is 0. The molecule has 0 spiro atoms. The van der Waals surface area contributed by atoms with Gasteiger partial charge in [-0.15, -0.1) is 0 Å². The maximum Gasteiger partial charge on any atom is 0.269 e. The third-order valence-electron chi connectivity index (χ3n) is 3.39. The van der Waals surface area contributed by atoms with Crippen LogP contribution in [0.5, 0.6) is 0 Å². The molecule has 0 unspecified atom stereocenters. The first-order chi connectivity index (χ1) is 10.6. The van der Waals surface area contributed by atoms with Gasteiger partial charge in [0, 0.05) is 5.69 Å². The van der Waals surface area contributed by atoms with E-state index in [4.69, 9.17) is 0 Å². The maximum absolute atomic E-state index is 12.2. The van der Waals surface area contributed by atoms with Crippen LogP contribution in [-0.4, -0.2) is 15.5 Å². The molecule has 3 aromatic rings. The Morgan fingerprint density at radius 2 is 1.86 bits per heavy atom. The number of para-hydroxylation sites is 2. The quantitative estimate of drug-likeness (QED) is 0.806. The molecular formula is C17H15N3O2. The number of rotatable bonds is 3. The van der Waals surface area contributed by atoms with Gasteiger partial charge in [0.1, 0.15) is 6.54 Å². The van der Waals surface area contributed by atoms with E-state index in [0.717, 1.165) is 5.56 Å². The van der Waals surface area contributed by atoms with Crippen molar-refractivity contribution >= 4 is 22.6 Å². The first-order valence-electron chi connectivity index (χ1n) is 6.94. The SMILES string of the molecule is Cc1ccc(NC(=O)Cn2c(=O)cnc3ccccc32)cc1. The van der Waals surface area contributed by atoms with Crippen LogP contribution in [0.1, 0.15) is 5.56 Å². The third-order valence-corrected chi connectivity index (χ3v) is 3.39. The predicted octanol–water partition coefficient (Wildman–Crippen LogP) is 2.34. The average Bonchev–Trinajstić information content (AvgIpc) is 2.52. The average molecular weight is 293 g/mol. The summed E-state index contributed by atoms with van der Waals surface area (Å²) in [5.74, 6) is -0.248. The third kappa shape index (κ3) is 2.88. The molecule has 1 amide bonds. The summed E-state index contributed by atoms with van der Waals surface area (Å²) in [4.78, 5) is 28.2. The van der Waals surface area contributed by atoms with Crippen LogP contribution in [0.15, 0.2) is 59.5 Å². The summed E-state index contributed by atoms with van der Waals surface area (Å²) < 4.78 is 1.42. The number of nitrogens with zero attached hydrogens (tertiary/aromatic N) is 2. The summed E-state index contributed by atoms with van der Waals surface area (Å²) in [6.45, 7) is 1.93. The molecule has 1 heterocycles. The van der Waals surface area contributed by atoms with Gasteiger partial charge in [-0.25, -0.2) is 4.98 Å². The molecular weight excluding hydrogens is 278 g/mol. The number of amides is 1. The predicted molar refractivity (Wildman–Crippen MR) is 85.8 cm³/mol. The minimum absolute atomic E-state index is 0.0459. The van der Waals surface area contributed by atoms with Crippen molar-refractivity contribution in [3.05, 3.63) is 70.6 Å². The molecule has 0 aliphatic carbocycles. The second-order valence-electron chi connectivity index (χ2n) is 5.09. The zero-order valence-electron chi connectivity index (χ0n) is 12.1. The van der Waals surface area contributed by atoms with Gasteiger partial charge in [0.2, 0.25) is 5.91 Å². The molecule has 1 aromatic heterocycles. The zero-order chi connectivity index (χ0) is 15.5. The number of carbonyl (C=O) groups excluding carboxylic acids is 1. The van der Waals surface area contributed by atoms with E-state index in [9.17, 15) is 9.59 Å². The van der Waals surface area contributed by atoms with Crippen LogP contribution in [0.25, 0.3) is 11.0 Å². The van der Waals surface area contributed by atoms with Gasteiger partial charge in [0.15, 0.2) is 0 Å². The first kappa shape index (κ1) is 14.0. The molecule has 0 fully saturated rings. The number of carbonyl (C=O) groups is 1. The number of benzene rings is 2. The minimum atomic E-state index is -0.294. The normalized spacial score (nSPS) is 10.6. The molecule has 0 aliphatic heterocycles. The van der Waals surface area contributed by atoms with Crippen LogP contribution in [0.2, 0.25) is 0 Å². The van der Waals surface area contributed by atoms with Gasteiger partial charge >= 0.3 is 0 Å². The number of aryl methyl sites for hydroxylation is 1. The van der Waals surface area contributed by atoms with Crippen molar-refractivity contribution in [2.75, 3.05) is 5.32 Å². The highest BCUT2D eigenvalue weighted by molar-refractivity contribution is 5.91. The van der Waals surface area contributed by atoms with Crippen molar-refractivity contribution in [1.29, 1.82) is 0 Å². The highest BCUT2D eigenvalue weighted by Crippen LogP contribution is 2.10. The standard InChI is InChI=1S/C17H15N3O2/c1-12-6-8-13(9-7-12)19-16(21)11-20-15-5-3-2-4-14(15)18-10-17(20)22/h2-10H,11H2,1H3,(H,19,21). The van der Waals surface area contributed by atoms with E-state index in [1.165, 1.54) is 10.8 Å². The number of hydrogen-bond acceptors (Lipinski definition) is 3. The Morgan fingerprint density at radius 1 is 1.14 bits per heavy atom. The Bertz CT molecular complexity index is 882. The molecule has 5 heteroatoms. The molecule has 0 radical (unpaired) electrons. The molecule has 22 heavy (non-hydrogen) atoms. The highest BCUT2D eigenvalue weighted by Gasteiger charge is 2.09. The summed E-state index contributed by atoms with van der Waals surface area (Å²) in [5, 5.41) is 2.79. The van der Waals surface area contributed by atoms with Crippen LogP contribution in [0.3, 0.4) is 0 Å². The highest BCUT2D eigenvalue weighted by atomic mass is 16.2. The van der Waals surface area contributed by atoms with Gasteiger partial charge in [-0.05, 0) is 31.2 Å². The smallest absolute Gasteiger partial charge is 0.269 e. The molecule has 2 aromatic carbocycles. The maximum atomic E-state index is 12.2. The summed E-state index contributed by atoms with van der Waals surface area (Å²) in [5.41, 5.74) is 2.87. The monoisotopic (exact) mass is 293 g/mol. The van der Waals surface area contributed by atoms with E-state index in [-0.39, 0.29) is 18.0 Å². The Hall–Kier alpha value is -2.95. The van der Waals surface area contributed by atoms with Crippen molar-refractivity contribution in [2.24, 2.45) is 0 Å². The number of fused-ring (bicyclic) bond motifs is 1. The molecule has 3 rings (SSSR count). The first-order valence-corrected chi connectivity index (χ1v) is 6.94. The molecule has 0 saturated heterocycles. The van der Waals surface area contributed by atoms with Crippen LogP contribution >= 0.6 is 0 Å². The number of nitrogens with one attached hydrogen (secondary N) is 1. The second kappa shape index (κ2) is 5.81. The van der Waals surface area contributed by atoms with Crippen LogP contribution in [0.4, 0.5) is 5.69 Å². The molecule has 110 valence electrons. The zero-order valence-corrected chi connectivity index (χ0v) is 12.1. The van der Waals surface area contributed by atoms with Crippen LogP contribution < -0.4 is 10.9 Å². The Labute approximate surface area is 127 Å². The molecule has 0 saturated carbocycles. The van der Waals surface area contributed by atoms with Crippen molar-refractivity contribution in [1.82, 2.24) is 9.55 Å². The van der Waals surface area contributed by atoms with Crippen molar-refractivity contribution in [2.45, 2.75) is 13.5 Å². The molecule has 0 aliphatic rings. The molecule has 1 N–H and O–H groups in total. The van der Waals surface area contributed by atoms with Crippen LogP contribution in [-0.2, 0) is 11.3 Å². The van der Waals surface area contributed by atoms with E-state index in [1.54, 1.807) is 6.07 Å². The Balaban J connectivity index is 1.86. The molecule has 0 bridgehead atoms. The fraction of sp³-hybridized carbons (Fsp3) is 0.118. The van der Waals surface area contributed by atoms with E-state index in [2.05, 4.69) is 10.3 Å². The number of aromatic nitrogens is 2. The lowest BCUT2D eigenvalue weighted by Crippen LogP contribution is -2.27. The van der Waals surface area contributed by atoms with Crippen molar-refractivity contribution < 1.29 is 4.79 Å². The fourth-order valence-electron chi connectivity index (χ4n) is 2.26. The second-order valence-corrected chi connectivity index (χ2v) is 5.09. The van der Waals surface area contributed by atoms with E-state index >= 15 is 0 Å². The van der Waals surface area contributed by atoms with Gasteiger partial charge in [-0.2, -0.15) is 0 Å². The lowest BCUT2D eigenvalue weighted by Gasteiger charge is -2.10. The largest absolute Gasteiger partial charge is 0.325 e. The van der Waals surface area contributed by atoms with Gasteiger partial charge in [0.05, 0.1) is 17.2 Å². The van der Waals surface area contributed by atoms with Gasteiger partial charge in [0.25, 0.3) is 5.56 Å². The van der Waals surface area contributed by atoms with E-state index < -0.39 is 0 Å². The van der Waals surface area contributed by atoms with Crippen molar-refractivity contribution in [3.8, 4) is 0 Å². The summed E-state index contributed by atoms with van der Waals surface area (Å²) >= 11 is 0. The van der Waals surface area contributed by atoms with Crippen molar-refractivity contribution in [3.63, 3.8) is 0 Å². The minimum Gasteiger partial charge on any atom is -0.325 e. The Morgan fingerprint density at radius 3 is 2.64 bits per heavy atom. The van der Waals surface area contributed by atoms with E-state index in [1.807, 2.05) is 49.4 Å². The van der Waals surface area contributed by atoms with Gasteiger partial charge in [-0.3, -0.25) is 14.2 Å². The van der Waals surface area contributed by atoms with Gasteiger partial charge < -0.3 is 5.32 Å². The molecule has 0 atom stereocenters.